The van der Waals surface area contributed by atoms with E-state index in [9.17, 15) is 4.79 Å². The lowest BCUT2D eigenvalue weighted by atomic mass is 10.1. The second-order valence-electron chi connectivity index (χ2n) is 7.17. The van der Waals surface area contributed by atoms with Gasteiger partial charge in [0.2, 0.25) is 17.6 Å². The molecule has 0 aliphatic carbocycles. The summed E-state index contributed by atoms with van der Waals surface area (Å²) in [4.78, 5) is 21.2. The molecule has 1 aliphatic heterocycles. The summed E-state index contributed by atoms with van der Waals surface area (Å²) >= 11 is 0. The van der Waals surface area contributed by atoms with E-state index in [4.69, 9.17) is 4.52 Å². The zero-order valence-corrected chi connectivity index (χ0v) is 16.1. The minimum absolute atomic E-state index is 0.0440. The monoisotopic (exact) mass is 356 g/mol. The first-order valence-electron chi connectivity index (χ1n) is 9.43. The molecule has 0 saturated carbocycles. The maximum atomic E-state index is 12.3. The molecule has 2 aromatic rings. The van der Waals surface area contributed by atoms with Gasteiger partial charge in [-0.05, 0) is 20.3 Å². The molecule has 1 aromatic carbocycles. The van der Waals surface area contributed by atoms with Crippen LogP contribution in [0, 0.1) is 12.8 Å². The second kappa shape index (κ2) is 7.99. The number of hydrogen-bond acceptors (Lipinski definition) is 5. The zero-order valence-electron chi connectivity index (χ0n) is 16.1. The van der Waals surface area contributed by atoms with Gasteiger partial charge in [-0.25, -0.2) is 0 Å². The number of nitrogens with zero attached hydrogens (tertiary/aromatic N) is 4. The molecule has 0 spiro atoms. The van der Waals surface area contributed by atoms with Crippen LogP contribution >= 0.6 is 0 Å². The van der Waals surface area contributed by atoms with Gasteiger partial charge < -0.3 is 9.42 Å². The summed E-state index contributed by atoms with van der Waals surface area (Å²) in [5.74, 6) is 1.62. The number of benzene rings is 1. The van der Waals surface area contributed by atoms with E-state index in [-0.39, 0.29) is 17.9 Å². The molecule has 0 radical (unpaired) electrons. The molecule has 1 aromatic heterocycles. The molecule has 1 fully saturated rings. The normalized spacial score (nSPS) is 17.9. The highest BCUT2D eigenvalue weighted by atomic mass is 16.5. The molecule has 26 heavy (non-hydrogen) atoms. The standard InChI is InChI=1S/C20H28N4O2/c1-5-15(3)20(25)24-12-10-23(11-13-24)16(4)19-21-18(22-26-19)17-8-6-14(2)7-9-17/h6-9,15-16H,5,10-13H2,1-4H3/t15-,16+/m0/s1. The highest BCUT2D eigenvalue weighted by molar-refractivity contribution is 5.78. The molecule has 3 rings (SSSR count). The van der Waals surface area contributed by atoms with Crippen molar-refractivity contribution in [3.8, 4) is 11.4 Å². The summed E-state index contributed by atoms with van der Waals surface area (Å²) in [6.07, 6.45) is 0.888. The average molecular weight is 356 g/mol. The zero-order chi connectivity index (χ0) is 18.7. The summed E-state index contributed by atoms with van der Waals surface area (Å²) in [5, 5.41) is 4.13. The fourth-order valence-corrected chi connectivity index (χ4v) is 3.20. The lowest BCUT2D eigenvalue weighted by Gasteiger charge is -2.37. The van der Waals surface area contributed by atoms with Crippen molar-refractivity contribution in [2.75, 3.05) is 26.2 Å². The Kier molecular flexibility index (Phi) is 5.71. The SMILES string of the molecule is CC[C@H](C)C(=O)N1CCN([C@H](C)c2nc(-c3ccc(C)cc3)no2)CC1. The third kappa shape index (κ3) is 3.96. The first-order chi connectivity index (χ1) is 12.5. The van der Waals surface area contributed by atoms with E-state index in [1.54, 1.807) is 0 Å². The van der Waals surface area contributed by atoms with Crippen molar-refractivity contribution >= 4 is 5.91 Å². The Morgan fingerprint density at radius 3 is 2.42 bits per heavy atom. The highest BCUT2D eigenvalue weighted by Crippen LogP contribution is 2.24. The number of rotatable bonds is 5. The van der Waals surface area contributed by atoms with Gasteiger partial charge in [-0.15, -0.1) is 0 Å². The molecule has 1 amide bonds. The largest absolute Gasteiger partial charge is 0.340 e. The number of carbonyl (C=O) groups excluding carboxylic acids is 1. The van der Waals surface area contributed by atoms with Crippen molar-refractivity contribution in [2.45, 2.75) is 40.2 Å². The van der Waals surface area contributed by atoms with Gasteiger partial charge in [0.15, 0.2) is 0 Å². The minimum Gasteiger partial charge on any atom is -0.340 e. The third-order valence-electron chi connectivity index (χ3n) is 5.32. The van der Waals surface area contributed by atoms with Crippen LogP contribution in [0.4, 0.5) is 0 Å². The van der Waals surface area contributed by atoms with Gasteiger partial charge >= 0.3 is 0 Å². The van der Waals surface area contributed by atoms with Gasteiger partial charge in [-0.1, -0.05) is 48.8 Å². The molecule has 0 unspecified atom stereocenters. The quantitative estimate of drug-likeness (QED) is 0.822. The summed E-state index contributed by atoms with van der Waals surface area (Å²) in [7, 11) is 0. The molecular formula is C20H28N4O2. The predicted molar refractivity (Wildman–Crippen MR) is 100 cm³/mol. The van der Waals surface area contributed by atoms with Crippen molar-refractivity contribution in [2.24, 2.45) is 5.92 Å². The number of piperazine rings is 1. The molecule has 2 heterocycles. The summed E-state index contributed by atoms with van der Waals surface area (Å²) in [5.41, 5.74) is 2.16. The lowest BCUT2D eigenvalue weighted by molar-refractivity contribution is -0.137. The molecule has 6 nitrogen and oxygen atoms in total. The Morgan fingerprint density at radius 2 is 1.81 bits per heavy atom. The van der Waals surface area contributed by atoms with Crippen LogP contribution in [0.15, 0.2) is 28.8 Å². The highest BCUT2D eigenvalue weighted by Gasteiger charge is 2.29. The Morgan fingerprint density at radius 1 is 1.15 bits per heavy atom. The Bertz CT molecular complexity index is 733. The van der Waals surface area contributed by atoms with Crippen LogP contribution in [0.1, 0.15) is 44.7 Å². The van der Waals surface area contributed by atoms with Gasteiger partial charge in [0, 0.05) is 37.7 Å². The van der Waals surface area contributed by atoms with Gasteiger partial charge in [0.1, 0.15) is 0 Å². The number of aromatic nitrogens is 2. The van der Waals surface area contributed by atoms with Crippen LogP contribution in [0.25, 0.3) is 11.4 Å². The third-order valence-corrected chi connectivity index (χ3v) is 5.32. The lowest BCUT2D eigenvalue weighted by Crippen LogP contribution is -2.50. The van der Waals surface area contributed by atoms with E-state index < -0.39 is 0 Å². The maximum Gasteiger partial charge on any atom is 0.244 e. The van der Waals surface area contributed by atoms with Gasteiger partial charge in [0.25, 0.3) is 0 Å². The van der Waals surface area contributed by atoms with E-state index in [2.05, 4.69) is 35.8 Å². The second-order valence-corrected chi connectivity index (χ2v) is 7.17. The molecule has 6 heteroatoms. The molecule has 1 aliphatic rings. The van der Waals surface area contributed by atoms with E-state index in [1.165, 1.54) is 5.56 Å². The van der Waals surface area contributed by atoms with E-state index >= 15 is 0 Å². The molecule has 0 bridgehead atoms. The smallest absolute Gasteiger partial charge is 0.244 e. The van der Waals surface area contributed by atoms with Crippen LogP contribution in [-0.4, -0.2) is 52.0 Å². The maximum absolute atomic E-state index is 12.3. The number of hydrogen-bond donors (Lipinski definition) is 0. The minimum atomic E-state index is 0.0440. The number of carbonyl (C=O) groups is 1. The number of aryl methyl sites for hydroxylation is 1. The fourth-order valence-electron chi connectivity index (χ4n) is 3.20. The molecule has 0 N–H and O–H groups in total. The molecule has 2 atom stereocenters. The van der Waals surface area contributed by atoms with Crippen molar-refractivity contribution in [1.29, 1.82) is 0 Å². The Balaban J connectivity index is 1.61. The van der Waals surface area contributed by atoms with Crippen molar-refractivity contribution in [1.82, 2.24) is 19.9 Å². The van der Waals surface area contributed by atoms with Crippen molar-refractivity contribution in [3.63, 3.8) is 0 Å². The number of amides is 1. The van der Waals surface area contributed by atoms with Crippen molar-refractivity contribution in [3.05, 3.63) is 35.7 Å². The van der Waals surface area contributed by atoms with Gasteiger partial charge in [0.05, 0.1) is 6.04 Å². The first kappa shape index (κ1) is 18.6. The average Bonchev–Trinajstić information content (AvgIpc) is 3.17. The van der Waals surface area contributed by atoms with Crippen LogP contribution < -0.4 is 0 Å². The van der Waals surface area contributed by atoms with Crippen LogP contribution in [0.3, 0.4) is 0 Å². The first-order valence-corrected chi connectivity index (χ1v) is 9.43. The van der Waals surface area contributed by atoms with Crippen molar-refractivity contribution < 1.29 is 9.32 Å². The molecule has 1 saturated heterocycles. The Labute approximate surface area is 155 Å². The Hall–Kier alpha value is -2.21. The van der Waals surface area contributed by atoms with Gasteiger partial charge in [-0.2, -0.15) is 4.98 Å². The topological polar surface area (TPSA) is 62.5 Å². The fraction of sp³-hybridized carbons (Fsp3) is 0.550. The van der Waals surface area contributed by atoms with E-state index in [0.29, 0.717) is 11.7 Å². The van der Waals surface area contributed by atoms with Gasteiger partial charge in [-0.3, -0.25) is 9.69 Å². The van der Waals surface area contributed by atoms with E-state index in [1.807, 2.05) is 36.1 Å². The summed E-state index contributed by atoms with van der Waals surface area (Å²) < 4.78 is 5.51. The predicted octanol–water partition coefficient (Wildman–Crippen LogP) is 3.30. The summed E-state index contributed by atoms with van der Waals surface area (Å²) in [6, 6.07) is 8.15. The van der Waals surface area contributed by atoms with Crippen LogP contribution in [-0.2, 0) is 4.79 Å². The van der Waals surface area contributed by atoms with E-state index in [0.717, 1.165) is 38.2 Å². The molecule has 140 valence electrons. The van der Waals surface area contributed by atoms with Crippen LogP contribution in [0.5, 0.6) is 0 Å². The molecular weight excluding hydrogens is 328 g/mol. The summed E-state index contributed by atoms with van der Waals surface area (Å²) in [6.45, 7) is 11.4. The van der Waals surface area contributed by atoms with Crippen LogP contribution in [0.2, 0.25) is 0 Å².